The maximum Gasteiger partial charge on any atom is 0.321 e. The Balaban J connectivity index is 1.20. The average Bonchev–Trinajstić information content (AvgIpc) is 3.39. The van der Waals surface area contributed by atoms with Gasteiger partial charge in [0.15, 0.2) is 0 Å². The van der Waals surface area contributed by atoms with Gasteiger partial charge in [-0.1, -0.05) is 18.2 Å². The molecule has 0 unspecified atom stereocenters. The highest BCUT2D eigenvalue weighted by Gasteiger charge is 2.31. The first-order valence-corrected chi connectivity index (χ1v) is 11.8. The molecule has 1 aromatic heterocycles. The van der Waals surface area contributed by atoms with Crippen LogP contribution in [0.25, 0.3) is 16.3 Å². The van der Waals surface area contributed by atoms with Crippen molar-refractivity contribution in [3.63, 3.8) is 0 Å². The molecule has 0 spiro atoms. The lowest BCUT2D eigenvalue weighted by Gasteiger charge is -2.37. The Morgan fingerprint density at radius 1 is 1.03 bits per heavy atom. The maximum atomic E-state index is 12.3. The lowest BCUT2D eigenvalue weighted by atomic mass is 10.1. The van der Waals surface area contributed by atoms with E-state index >= 15 is 0 Å². The number of ether oxygens (including phenoxy) is 1. The summed E-state index contributed by atoms with van der Waals surface area (Å²) in [6.45, 7) is 7.40. The third-order valence-corrected chi connectivity index (χ3v) is 6.32. The van der Waals surface area contributed by atoms with Crippen molar-refractivity contribution in [2.45, 2.75) is 26.0 Å². The predicted molar refractivity (Wildman–Crippen MR) is 136 cm³/mol. The van der Waals surface area contributed by atoms with Gasteiger partial charge in [0, 0.05) is 56.9 Å². The second-order valence-electron chi connectivity index (χ2n) is 9.51. The number of fused-ring (bicyclic) bond motifs is 1. The summed E-state index contributed by atoms with van der Waals surface area (Å²) in [7, 11) is 0. The summed E-state index contributed by atoms with van der Waals surface area (Å²) < 4.78 is 5.88. The first-order valence-electron chi connectivity index (χ1n) is 11.8. The van der Waals surface area contributed by atoms with E-state index in [0.29, 0.717) is 31.4 Å². The molecule has 0 atom stereocenters. The van der Waals surface area contributed by atoms with Gasteiger partial charge in [0.1, 0.15) is 11.4 Å². The molecule has 1 amide bonds. The minimum absolute atomic E-state index is 0.206. The van der Waals surface area contributed by atoms with E-state index in [4.69, 9.17) is 4.74 Å². The van der Waals surface area contributed by atoms with Crippen LogP contribution in [0.2, 0.25) is 0 Å². The molecule has 1 N–H and O–H groups in total. The highest BCUT2D eigenvalue weighted by Crippen LogP contribution is 2.26. The molecule has 0 radical (unpaired) electrons. The number of rotatable bonds is 6. The summed E-state index contributed by atoms with van der Waals surface area (Å²) in [5, 5.41) is 12.2. The number of piperazine rings is 1. The van der Waals surface area contributed by atoms with Crippen molar-refractivity contribution in [2.24, 2.45) is 4.99 Å². The van der Waals surface area contributed by atoms with Crippen molar-refractivity contribution < 1.29 is 14.6 Å². The number of aliphatic hydroxyl groups is 1. The molecule has 2 aliphatic rings. The quantitative estimate of drug-likeness (QED) is 0.593. The minimum atomic E-state index is -1.32. The Kier molecular flexibility index (Phi) is 6.32. The number of hydrogen-bond donors (Lipinski definition) is 1. The maximum absolute atomic E-state index is 12.3. The van der Waals surface area contributed by atoms with Crippen LogP contribution in [0.1, 0.15) is 25.0 Å². The Morgan fingerprint density at radius 3 is 2.43 bits per heavy atom. The van der Waals surface area contributed by atoms with Gasteiger partial charge in [-0.05, 0) is 60.0 Å². The number of benzene rings is 2. The van der Waals surface area contributed by atoms with Crippen molar-refractivity contribution in [1.82, 2.24) is 19.8 Å². The van der Waals surface area contributed by atoms with Gasteiger partial charge in [-0.25, -0.2) is 9.97 Å². The molecule has 2 aromatic carbocycles. The predicted octanol–water partition coefficient (Wildman–Crippen LogP) is 3.31. The van der Waals surface area contributed by atoms with E-state index in [2.05, 4.69) is 38.1 Å². The molecule has 1 fully saturated rings. The summed E-state index contributed by atoms with van der Waals surface area (Å²) in [5.74, 6) is 0.483. The molecule has 3 aromatic rings. The molecule has 8 heteroatoms. The first-order chi connectivity index (χ1) is 16.8. The minimum Gasteiger partial charge on any atom is -0.424 e. The number of carbonyl (C=O) groups excluding carboxylic acids is 1. The fraction of sp³-hybridized carbons (Fsp3) is 0.333. The van der Waals surface area contributed by atoms with Crippen LogP contribution >= 0.6 is 0 Å². The third-order valence-electron chi connectivity index (χ3n) is 6.32. The Hall–Kier alpha value is -3.62. The number of amides is 1. The Labute approximate surface area is 204 Å². The third kappa shape index (κ3) is 5.39. The number of carbonyl (C=O) groups is 1. The van der Waals surface area contributed by atoms with Gasteiger partial charge in [0.05, 0.1) is 6.54 Å². The van der Waals surface area contributed by atoms with Crippen LogP contribution in [0.15, 0.2) is 59.9 Å². The highest BCUT2D eigenvalue weighted by molar-refractivity contribution is 5.89. The van der Waals surface area contributed by atoms with Crippen molar-refractivity contribution in [1.29, 1.82) is 0 Å². The molecular weight excluding hydrogens is 442 g/mol. The molecule has 5 rings (SSSR count). The van der Waals surface area contributed by atoms with Crippen molar-refractivity contribution in [3.8, 4) is 11.8 Å². The smallest absolute Gasteiger partial charge is 0.321 e. The van der Waals surface area contributed by atoms with E-state index in [0.717, 1.165) is 41.5 Å². The molecule has 2 aliphatic heterocycles. The van der Waals surface area contributed by atoms with E-state index < -0.39 is 5.60 Å². The lowest BCUT2D eigenvalue weighted by molar-refractivity contribution is -0.149. The summed E-state index contributed by atoms with van der Waals surface area (Å²) in [4.78, 5) is 29.2. The van der Waals surface area contributed by atoms with E-state index in [-0.39, 0.29) is 5.91 Å². The highest BCUT2D eigenvalue weighted by atomic mass is 16.5. The van der Waals surface area contributed by atoms with Gasteiger partial charge in [-0.15, -0.1) is 0 Å². The zero-order valence-electron chi connectivity index (χ0n) is 20.0. The summed E-state index contributed by atoms with van der Waals surface area (Å²) >= 11 is 0. The van der Waals surface area contributed by atoms with Crippen LogP contribution in [0.4, 0.5) is 0 Å². The molecule has 3 heterocycles. The molecular formula is C27H29N5O3. The van der Waals surface area contributed by atoms with Crippen LogP contribution in [-0.4, -0.2) is 75.3 Å². The fourth-order valence-corrected chi connectivity index (χ4v) is 4.36. The molecule has 8 nitrogen and oxygen atoms in total. The van der Waals surface area contributed by atoms with E-state index in [9.17, 15) is 9.90 Å². The average molecular weight is 472 g/mol. The van der Waals surface area contributed by atoms with E-state index in [1.807, 2.05) is 24.3 Å². The lowest BCUT2D eigenvalue weighted by Crippen LogP contribution is -2.53. The zero-order valence-corrected chi connectivity index (χ0v) is 20.0. The number of allylic oxidation sites excluding steroid dienone is 1. The zero-order chi connectivity index (χ0) is 24.4. The van der Waals surface area contributed by atoms with Crippen LogP contribution < -0.4 is 4.74 Å². The Bertz CT molecular complexity index is 1290. The van der Waals surface area contributed by atoms with Crippen LogP contribution in [0, 0.1) is 0 Å². The van der Waals surface area contributed by atoms with Crippen LogP contribution in [-0.2, 0) is 11.3 Å². The second-order valence-corrected chi connectivity index (χ2v) is 9.51. The summed E-state index contributed by atoms with van der Waals surface area (Å²) in [5.41, 5.74) is 1.95. The molecule has 0 saturated carbocycles. The molecule has 0 bridgehead atoms. The topological polar surface area (TPSA) is 91.2 Å². The summed E-state index contributed by atoms with van der Waals surface area (Å²) in [6, 6.07) is 12.7. The van der Waals surface area contributed by atoms with Gasteiger partial charge < -0.3 is 14.7 Å². The SMILES string of the molecule is CC(C)(O)C(=O)N1CCN(Cc2ccc3cc(Oc4ncc(C5=CC=NC5)cn4)ccc3c2)CC1. The standard InChI is InChI=1S/C27H29N5O3/c1-27(2,34)25(33)32-11-9-31(10-12-32)18-19-3-4-21-14-24(6-5-20(21)13-19)35-26-29-16-23(17-30-26)22-7-8-28-15-22/h3-8,13-14,16-17,34H,9-12,15,18H2,1-2H3. The molecule has 180 valence electrons. The molecule has 35 heavy (non-hydrogen) atoms. The Morgan fingerprint density at radius 2 is 1.74 bits per heavy atom. The second kappa shape index (κ2) is 9.56. The van der Waals surface area contributed by atoms with E-state index in [1.165, 1.54) is 5.56 Å². The van der Waals surface area contributed by atoms with Crippen molar-refractivity contribution in [3.05, 3.63) is 66.0 Å². The number of aromatic nitrogens is 2. The molecule has 0 aliphatic carbocycles. The number of hydrogen-bond acceptors (Lipinski definition) is 7. The van der Waals surface area contributed by atoms with Crippen LogP contribution in [0.3, 0.4) is 0 Å². The van der Waals surface area contributed by atoms with Gasteiger partial charge in [0.25, 0.3) is 5.91 Å². The summed E-state index contributed by atoms with van der Waals surface area (Å²) in [6.07, 6.45) is 7.28. The first kappa shape index (κ1) is 23.1. The largest absolute Gasteiger partial charge is 0.424 e. The van der Waals surface area contributed by atoms with Gasteiger partial charge >= 0.3 is 6.01 Å². The fourth-order valence-electron chi connectivity index (χ4n) is 4.36. The van der Waals surface area contributed by atoms with Crippen LogP contribution in [0.5, 0.6) is 11.8 Å². The number of aliphatic imine (C=N–C) groups is 1. The van der Waals surface area contributed by atoms with Gasteiger partial charge in [0.2, 0.25) is 0 Å². The normalized spacial score (nSPS) is 16.5. The van der Waals surface area contributed by atoms with Crippen molar-refractivity contribution in [2.75, 3.05) is 32.7 Å². The van der Waals surface area contributed by atoms with E-state index in [1.54, 1.807) is 37.4 Å². The van der Waals surface area contributed by atoms with Gasteiger partial charge in [-0.3, -0.25) is 14.7 Å². The number of nitrogens with zero attached hydrogens (tertiary/aromatic N) is 5. The van der Waals surface area contributed by atoms with Gasteiger partial charge in [-0.2, -0.15) is 0 Å². The van der Waals surface area contributed by atoms with Crippen molar-refractivity contribution >= 4 is 28.5 Å². The molecule has 1 saturated heterocycles. The monoisotopic (exact) mass is 471 g/mol.